The van der Waals surface area contributed by atoms with Gasteiger partial charge in [0.1, 0.15) is 28.4 Å². The highest BCUT2D eigenvalue weighted by atomic mass is 16.6. The summed E-state index contributed by atoms with van der Waals surface area (Å²) in [5, 5.41) is 11.3. The van der Waals surface area contributed by atoms with Crippen molar-refractivity contribution in [1.82, 2.24) is 0 Å². The maximum absolute atomic E-state index is 12.2. The number of ether oxygens (including phenoxy) is 3. The Morgan fingerprint density at radius 2 is 1.11 bits per heavy atom. The number of esters is 3. The average molecular weight is 493 g/mol. The Bertz CT molecular complexity index is 1270. The van der Waals surface area contributed by atoms with Crippen molar-refractivity contribution in [3.05, 3.63) is 83.9 Å². The topological polar surface area (TPSA) is 145 Å². The molecule has 0 atom stereocenters. The largest absolute Gasteiger partial charge is 0.478 e. The molecule has 36 heavy (non-hydrogen) atoms. The van der Waals surface area contributed by atoms with Crippen molar-refractivity contribution >= 4 is 35.5 Å². The molecule has 0 aromatic heterocycles. The molecule has 0 unspecified atom stereocenters. The number of aromatic carboxylic acids is 1. The second-order valence-electron chi connectivity index (χ2n) is 7.08. The minimum atomic E-state index is -1.11. The summed E-state index contributed by atoms with van der Waals surface area (Å²) in [4.78, 5) is 55.4. The van der Waals surface area contributed by atoms with E-state index < -0.39 is 23.9 Å². The van der Waals surface area contributed by atoms with E-state index in [1.807, 2.05) is 0 Å². The molecule has 10 nitrogen and oxygen atoms in total. The van der Waals surface area contributed by atoms with Gasteiger partial charge in [0, 0.05) is 26.5 Å². The molecule has 0 aliphatic carbocycles. The SMILES string of the molecule is CC(=O)Nc1ccc(OC(=O)c2ccccc2OC(C)=O)cc1.CC(=O)Oc1ccccc1C(=O)O. The van der Waals surface area contributed by atoms with Gasteiger partial charge >= 0.3 is 23.9 Å². The zero-order chi connectivity index (χ0) is 26.7. The molecule has 0 saturated carbocycles. The molecule has 0 spiro atoms. The number of carbonyl (C=O) groups is 5. The van der Waals surface area contributed by atoms with Gasteiger partial charge in [-0.15, -0.1) is 0 Å². The Hall–Kier alpha value is -4.99. The third kappa shape index (κ3) is 8.75. The summed E-state index contributed by atoms with van der Waals surface area (Å²) in [7, 11) is 0. The van der Waals surface area contributed by atoms with Gasteiger partial charge in [-0.05, 0) is 48.5 Å². The van der Waals surface area contributed by atoms with Crippen LogP contribution in [0.2, 0.25) is 0 Å². The number of amides is 1. The quantitative estimate of drug-likeness (QED) is 0.383. The summed E-state index contributed by atoms with van der Waals surface area (Å²) in [5.74, 6) is -2.49. The van der Waals surface area contributed by atoms with Crippen LogP contribution in [0.5, 0.6) is 17.2 Å². The maximum atomic E-state index is 12.2. The summed E-state index contributed by atoms with van der Waals surface area (Å²) in [6.07, 6.45) is 0. The Kier molecular flexibility index (Phi) is 9.87. The lowest BCUT2D eigenvalue weighted by Crippen LogP contribution is -2.12. The lowest BCUT2D eigenvalue weighted by Gasteiger charge is -2.09. The molecule has 186 valence electrons. The first-order valence-corrected chi connectivity index (χ1v) is 10.4. The molecular weight excluding hydrogens is 470 g/mol. The van der Waals surface area contributed by atoms with Gasteiger partial charge in [-0.25, -0.2) is 9.59 Å². The molecule has 0 fully saturated rings. The van der Waals surface area contributed by atoms with E-state index in [-0.39, 0.29) is 28.5 Å². The van der Waals surface area contributed by atoms with Crippen molar-refractivity contribution in [1.29, 1.82) is 0 Å². The van der Waals surface area contributed by atoms with Crippen LogP contribution in [0, 0.1) is 0 Å². The summed E-state index contributed by atoms with van der Waals surface area (Å²) in [6.45, 7) is 3.88. The van der Waals surface area contributed by atoms with Crippen molar-refractivity contribution in [2.75, 3.05) is 5.32 Å². The van der Waals surface area contributed by atoms with Gasteiger partial charge < -0.3 is 24.6 Å². The van der Waals surface area contributed by atoms with Crippen molar-refractivity contribution in [3.8, 4) is 17.2 Å². The van der Waals surface area contributed by atoms with Crippen molar-refractivity contribution in [2.45, 2.75) is 20.8 Å². The minimum absolute atomic E-state index is 0.0160. The highest BCUT2D eigenvalue weighted by Crippen LogP contribution is 2.22. The monoisotopic (exact) mass is 493 g/mol. The van der Waals surface area contributed by atoms with Gasteiger partial charge in [0.15, 0.2) is 0 Å². The fourth-order valence-corrected chi connectivity index (χ4v) is 2.74. The van der Waals surface area contributed by atoms with E-state index in [9.17, 15) is 24.0 Å². The van der Waals surface area contributed by atoms with Gasteiger partial charge in [0.05, 0.1) is 0 Å². The number of carbonyl (C=O) groups excluding carboxylic acids is 4. The molecule has 3 rings (SSSR count). The van der Waals surface area contributed by atoms with Crippen LogP contribution in [0.15, 0.2) is 72.8 Å². The molecule has 2 N–H and O–H groups in total. The van der Waals surface area contributed by atoms with Crippen molar-refractivity contribution in [3.63, 3.8) is 0 Å². The van der Waals surface area contributed by atoms with Gasteiger partial charge in [0.2, 0.25) is 5.91 Å². The van der Waals surface area contributed by atoms with E-state index >= 15 is 0 Å². The minimum Gasteiger partial charge on any atom is -0.478 e. The van der Waals surface area contributed by atoms with Crippen LogP contribution >= 0.6 is 0 Å². The van der Waals surface area contributed by atoms with Gasteiger partial charge in [-0.2, -0.15) is 0 Å². The molecule has 0 radical (unpaired) electrons. The number of carboxylic acid groups (broad SMARTS) is 1. The summed E-state index contributed by atoms with van der Waals surface area (Å²) < 4.78 is 14.9. The number of benzene rings is 3. The standard InChI is InChI=1S/C17H15NO5.C9H8O4/c1-11(19)18-13-7-9-14(10-8-13)23-17(21)15-5-3-4-6-16(15)22-12(2)20;1-6(10)13-8-5-3-2-4-7(8)9(11)12/h3-10H,1-2H3,(H,18,19);2-5H,1H3,(H,11,12). The molecule has 0 aliphatic rings. The van der Waals surface area contributed by atoms with Gasteiger partial charge in [0.25, 0.3) is 0 Å². The van der Waals surface area contributed by atoms with E-state index in [1.165, 1.54) is 45.0 Å². The first kappa shape index (κ1) is 27.3. The Labute approximate surface area is 206 Å². The van der Waals surface area contributed by atoms with Crippen LogP contribution in [-0.4, -0.2) is 34.9 Å². The van der Waals surface area contributed by atoms with Crippen LogP contribution < -0.4 is 19.5 Å². The number of hydrogen-bond donors (Lipinski definition) is 2. The molecule has 0 heterocycles. The number of rotatable bonds is 6. The van der Waals surface area contributed by atoms with Crippen LogP contribution in [0.4, 0.5) is 5.69 Å². The van der Waals surface area contributed by atoms with Crippen molar-refractivity contribution < 1.29 is 43.3 Å². The van der Waals surface area contributed by atoms with Crippen molar-refractivity contribution in [2.24, 2.45) is 0 Å². The highest BCUT2D eigenvalue weighted by Gasteiger charge is 2.16. The first-order chi connectivity index (χ1) is 17.1. The third-order valence-electron chi connectivity index (χ3n) is 4.12. The first-order valence-electron chi connectivity index (χ1n) is 10.4. The molecule has 10 heteroatoms. The summed E-state index contributed by atoms with van der Waals surface area (Å²) in [6, 6.07) is 18.6. The normalized spacial score (nSPS) is 9.64. The zero-order valence-corrected chi connectivity index (χ0v) is 19.6. The molecular formula is C26H23NO9. The van der Waals surface area contributed by atoms with Crippen LogP contribution in [-0.2, 0) is 14.4 Å². The van der Waals surface area contributed by atoms with E-state index in [1.54, 1.807) is 48.5 Å². The Morgan fingerprint density at radius 1 is 0.639 bits per heavy atom. The average Bonchev–Trinajstić information content (AvgIpc) is 2.80. The zero-order valence-electron chi connectivity index (χ0n) is 19.6. The van der Waals surface area contributed by atoms with E-state index in [0.717, 1.165) is 0 Å². The molecule has 0 saturated heterocycles. The van der Waals surface area contributed by atoms with E-state index in [4.69, 9.17) is 14.6 Å². The third-order valence-corrected chi connectivity index (χ3v) is 4.12. The lowest BCUT2D eigenvalue weighted by atomic mass is 10.2. The van der Waals surface area contributed by atoms with Crippen LogP contribution in [0.3, 0.4) is 0 Å². The number of nitrogens with one attached hydrogen (secondary N) is 1. The molecule has 1 amide bonds. The highest BCUT2D eigenvalue weighted by molar-refractivity contribution is 5.95. The lowest BCUT2D eigenvalue weighted by molar-refractivity contribution is -0.132. The number of carboxylic acids is 1. The predicted molar refractivity (Wildman–Crippen MR) is 128 cm³/mol. The fraction of sp³-hybridized carbons (Fsp3) is 0.115. The molecule has 3 aromatic carbocycles. The van der Waals surface area contributed by atoms with Gasteiger partial charge in [-0.3, -0.25) is 14.4 Å². The van der Waals surface area contributed by atoms with Gasteiger partial charge in [-0.1, -0.05) is 24.3 Å². The van der Waals surface area contributed by atoms with E-state index in [2.05, 4.69) is 10.1 Å². The van der Waals surface area contributed by atoms with Crippen LogP contribution in [0.1, 0.15) is 41.5 Å². The van der Waals surface area contributed by atoms with Crippen LogP contribution in [0.25, 0.3) is 0 Å². The second kappa shape index (κ2) is 13.0. The Morgan fingerprint density at radius 3 is 1.58 bits per heavy atom. The fourth-order valence-electron chi connectivity index (χ4n) is 2.74. The molecule has 0 aliphatic heterocycles. The van der Waals surface area contributed by atoms with E-state index in [0.29, 0.717) is 11.4 Å². The Balaban J connectivity index is 0.000000297. The number of hydrogen-bond acceptors (Lipinski definition) is 8. The number of para-hydroxylation sites is 2. The summed E-state index contributed by atoms with van der Waals surface area (Å²) in [5.41, 5.74) is 0.726. The molecule has 3 aromatic rings. The predicted octanol–water partition coefficient (Wildman–Crippen LogP) is 4.10. The number of anilines is 1. The maximum Gasteiger partial charge on any atom is 0.347 e. The smallest absolute Gasteiger partial charge is 0.347 e. The summed E-state index contributed by atoms with van der Waals surface area (Å²) >= 11 is 0. The molecule has 0 bridgehead atoms. The second-order valence-corrected chi connectivity index (χ2v) is 7.08.